The van der Waals surface area contributed by atoms with E-state index >= 15 is 0 Å². The molecule has 4 nitrogen and oxygen atoms in total. The molecule has 0 unspecified atom stereocenters. The molecule has 0 N–H and O–H groups in total. The molecule has 0 saturated carbocycles. The van der Waals surface area contributed by atoms with Crippen LogP contribution in [0.2, 0.25) is 0 Å². The molecule has 1 heterocycles. The first-order valence-corrected chi connectivity index (χ1v) is 9.51. The van der Waals surface area contributed by atoms with Gasteiger partial charge in [-0.05, 0) is 62.5 Å². The molecule has 118 valence electrons. The lowest BCUT2D eigenvalue weighted by Gasteiger charge is -2.32. The summed E-state index contributed by atoms with van der Waals surface area (Å²) in [6.45, 7) is 5.67. The summed E-state index contributed by atoms with van der Waals surface area (Å²) in [4.78, 5) is 2.52. The van der Waals surface area contributed by atoms with Gasteiger partial charge < -0.3 is 9.08 Å². The lowest BCUT2D eigenvalue weighted by molar-refractivity contribution is 0.209. The van der Waals surface area contributed by atoms with Crippen molar-refractivity contribution in [3.63, 3.8) is 0 Å². The molecule has 2 rings (SSSR count). The number of nitrogens with zero attached hydrogens (tertiary/aromatic N) is 1. The topological polar surface area (TPSA) is 46.6 Å². The fourth-order valence-electron chi connectivity index (χ4n) is 2.87. The highest BCUT2D eigenvalue weighted by Crippen LogP contribution is 2.30. The van der Waals surface area contributed by atoms with Crippen LogP contribution in [-0.4, -0.2) is 39.2 Å². The van der Waals surface area contributed by atoms with Crippen LogP contribution in [0.5, 0.6) is 5.75 Å². The van der Waals surface area contributed by atoms with Crippen molar-refractivity contribution in [3.05, 3.63) is 29.8 Å². The highest BCUT2D eigenvalue weighted by atomic mass is 32.2. The van der Waals surface area contributed by atoms with Crippen molar-refractivity contribution >= 4 is 10.1 Å². The molecule has 1 aromatic rings. The summed E-state index contributed by atoms with van der Waals surface area (Å²) in [6, 6.07) is 7.51. The van der Waals surface area contributed by atoms with E-state index in [0.717, 1.165) is 32.2 Å². The molecule has 21 heavy (non-hydrogen) atoms. The van der Waals surface area contributed by atoms with Crippen LogP contribution < -0.4 is 4.18 Å². The maximum atomic E-state index is 11.2. The lowest BCUT2D eigenvalue weighted by Crippen LogP contribution is -2.33. The van der Waals surface area contributed by atoms with Gasteiger partial charge in [0.15, 0.2) is 0 Å². The summed E-state index contributed by atoms with van der Waals surface area (Å²) in [5.74, 6) is 0.925. The third-order valence-electron chi connectivity index (χ3n) is 3.99. The molecule has 1 aromatic carbocycles. The van der Waals surface area contributed by atoms with Crippen LogP contribution in [0.25, 0.3) is 0 Å². The van der Waals surface area contributed by atoms with Gasteiger partial charge in [-0.1, -0.05) is 25.5 Å². The maximum Gasteiger partial charge on any atom is 0.306 e. The standard InChI is InChI=1S/C16H25NO3S/c1-3-4-10-17-11-8-14(9-12-17)15-6-5-7-16(13-15)20-21(2,18)19/h5-7,13-14H,3-4,8-12H2,1-2H3. The number of hydrogen-bond donors (Lipinski definition) is 0. The van der Waals surface area contributed by atoms with Crippen LogP contribution in [0.1, 0.15) is 44.1 Å². The molecular weight excluding hydrogens is 286 g/mol. The molecule has 0 bridgehead atoms. The van der Waals surface area contributed by atoms with E-state index in [9.17, 15) is 8.42 Å². The summed E-state index contributed by atoms with van der Waals surface area (Å²) in [5, 5.41) is 0. The van der Waals surface area contributed by atoms with E-state index in [1.54, 1.807) is 6.07 Å². The minimum atomic E-state index is -3.45. The van der Waals surface area contributed by atoms with Gasteiger partial charge in [0, 0.05) is 0 Å². The van der Waals surface area contributed by atoms with Gasteiger partial charge in [0.1, 0.15) is 5.75 Å². The first-order valence-electron chi connectivity index (χ1n) is 7.69. The molecule has 0 amide bonds. The molecular formula is C16H25NO3S. The summed E-state index contributed by atoms with van der Waals surface area (Å²) in [6.07, 6.45) is 5.84. The van der Waals surface area contributed by atoms with E-state index in [-0.39, 0.29) is 0 Å². The third kappa shape index (κ3) is 5.32. The largest absolute Gasteiger partial charge is 0.383 e. The van der Waals surface area contributed by atoms with Crippen LogP contribution in [0.3, 0.4) is 0 Å². The monoisotopic (exact) mass is 311 g/mol. The van der Waals surface area contributed by atoms with Gasteiger partial charge in [0.05, 0.1) is 6.26 Å². The lowest BCUT2D eigenvalue weighted by atomic mass is 9.89. The first-order chi connectivity index (χ1) is 9.98. The van der Waals surface area contributed by atoms with Crippen LogP contribution in [0.4, 0.5) is 0 Å². The Balaban J connectivity index is 1.95. The second-order valence-corrected chi connectivity index (χ2v) is 7.40. The summed E-state index contributed by atoms with van der Waals surface area (Å²) < 4.78 is 27.4. The Labute approximate surface area is 128 Å². The second-order valence-electron chi connectivity index (χ2n) is 5.83. The number of benzene rings is 1. The van der Waals surface area contributed by atoms with Gasteiger partial charge in [-0.15, -0.1) is 0 Å². The zero-order chi connectivity index (χ0) is 15.3. The first kappa shape index (κ1) is 16.3. The molecule has 0 radical (unpaired) electrons. The Kier molecular flexibility index (Phi) is 5.65. The van der Waals surface area contributed by atoms with E-state index in [1.165, 1.54) is 24.9 Å². The van der Waals surface area contributed by atoms with Crippen molar-refractivity contribution in [2.24, 2.45) is 0 Å². The quantitative estimate of drug-likeness (QED) is 0.758. The van der Waals surface area contributed by atoms with Crippen LogP contribution in [0.15, 0.2) is 24.3 Å². The fourth-order valence-corrected chi connectivity index (χ4v) is 3.32. The Hall–Kier alpha value is -1.07. The van der Waals surface area contributed by atoms with Gasteiger partial charge >= 0.3 is 10.1 Å². The van der Waals surface area contributed by atoms with Crippen molar-refractivity contribution in [3.8, 4) is 5.75 Å². The minimum Gasteiger partial charge on any atom is -0.383 e. The maximum absolute atomic E-state index is 11.2. The summed E-state index contributed by atoms with van der Waals surface area (Å²) in [7, 11) is -3.45. The molecule has 1 aliphatic rings. The highest BCUT2D eigenvalue weighted by Gasteiger charge is 2.20. The van der Waals surface area contributed by atoms with Gasteiger partial charge in [-0.3, -0.25) is 0 Å². The van der Waals surface area contributed by atoms with E-state index < -0.39 is 10.1 Å². The number of rotatable bonds is 6. The van der Waals surface area contributed by atoms with Gasteiger partial charge in [-0.25, -0.2) is 0 Å². The van der Waals surface area contributed by atoms with Crippen LogP contribution >= 0.6 is 0 Å². The van der Waals surface area contributed by atoms with Crippen molar-refractivity contribution in [1.29, 1.82) is 0 Å². The van der Waals surface area contributed by atoms with E-state index in [0.29, 0.717) is 11.7 Å². The Morgan fingerprint density at radius 1 is 1.29 bits per heavy atom. The zero-order valence-corrected chi connectivity index (χ0v) is 13.7. The predicted octanol–water partition coefficient (Wildman–Crippen LogP) is 3.00. The Bertz CT molecular complexity index is 548. The third-order valence-corrected chi connectivity index (χ3v) is 4.49. The molecule has 1 aliphatic heterocycles. The fraction of sp³-hybridized carbons (Fsp3) is 0.625. The van der Waals surface area contributed by atoms with E-state index in [2.05, 4.69) is 17.9 Å². The van der Waals surface area contributed by atoms with Crippen molar-refractivity contribution in [2.45, 2.75) is 38.5 Å². The van der Waals surface area contributed by atoms with Crippen molar-refractivity contribution in [2.75, 3.05) is 25.9 Å². The van der Waals surface area contributed by atoms with Crippen molar-refractivity contribution in [1.82, 2.24) is 4.90 Å². The van der Waals surface area contributed by atoms with Crippen LogP contribution in [-0.2, 0) is 10.1 Å². The molecule has 0 spiro atoms. The van der Waals surface area contributed by atoms with E-state index in [1.807, 2.05) is 12.1 Å². The SMILES string of the molecule is CCCCN1CCC(c2cccc(OS(C)(=O)=O)c2)CC1. The van der Waals surface area contributed by atoms with Gasteiger partial charge in [-0.2, -0.15) is 8.42 Å². The molecule has 1 fully saturated rings. The average molecular weight is 311 g/mol. The zero-order valence-electron chi connectivity index (χ0n) is 12.9. The van der Waals surface area contributed by atoms with Crippen molar-refractivity contribution < 1.29 is 12.6 Å². The molecule has 0 aliphatic carbocycles. The van der Waals surface area contributed by atoms with Gasteiger partial charge in [0.25, 0.3) is 0 Å². The van der Waals surface area contributed by atoms with Crippen LogP contribution in [0, 0.1) is 0 Å². The Morgan fingerprint density at radius 2 is 2.00 bits per heavy atom. The number of piperidine rings is 1. The summed E-state index contributed by atoms with van der Waals surface area (Å²) in [5.41, 5.74) is 1.19. The second kappa shape index (κ2) is 7.27. The number of hydrogen-bond acceptors (Lipinski definition) is 4. The smallest absolute Gasteiger partial charge is 0.306 e. The summed E-state index contributed by atoms with van der Waals surface area (Å²) >= 11 is 0. The van der Waals surface area contributed by atoms with Gasteiger partial charge in [0.2, 0.25) is 0 Å². The Morgan fingerprint density at radius 3 is 2.62 bits per heavy atom. The highest BCUT2D eigenvalue weighted by molar-refractivity contribution is 7.86. The average Bonchev–Trinajstić information content (AvgIpc) is 2.44. The molecule has 0 aromatic heterocycles. The molecule has 1 saturated heterocycles. The van der Waals surface area contributed by atoms with E-state index in [4.69, 9.17) is 4.18 Å². The number of likely N-dealkylation sites (tertiary alicyclic amines) is 1. The number of unbranched alkanes of at least 4 members (excludes halogenated alkanes) is 1. The minimum absolute atomic E-state index is 0.420. The normalized spacial score (nSPS) is 17.8. The molecule has 5 heteroatoms. The molecule has 0 atom stereocenters. The predicted molar refractivity (Wildman–Crippen MR) is 85.2 cm³/mol.